The van der Waals surface area contributed by atoms with Crippen LogP contribution in [0.3, 0.4) is 0 Å². The van der Waals surface area contributed by atoms with Crippen LogP contribution in [0.2, 0.25) is 38.3 Å². The molecule has 0 saturated carbocycles. The first-order chi connectivity index (χ1) is 11.6. The Bertz CT molecular complexity index is 580. The van der Waals surface area contributed by atoms with Gasteiger partial charge in [-0.15, -0.1) is 0 Å². The third-order valence-electron chi connectivity index (χ3n) is 6.15. The van der Waals surface area contributed by atoms with Gasteiger partial charge in [-0.05, 0) is 36.1 Å². The molecular weight excluding hydrogens is 340 g/mol. The Morgan fingerprint density at radius 1 is 0.760 bits per heavy atom. The lowest BCUT2D eigenvalue weighted by Gasteiger charge is -2.39. The third-order valence-corrected chi connectivity index (χ3v) is 13.0. The molecule has 2 aliphatic rings. The van der Waals surface area contributed by atoms with Gasteiger partial charge in [-0.3, -0.25) is 0 Å². The summed E-state index contributed by atoms with van der Waals surface area (Å²) in [6.07, 6.45) is 11.7. The largest absolute Gasteiger partial charge is 0.397 e. The van der Waals surface area contributed by atoms with Crippen molar-refractivity contribution < 1.29 is 10.2 Å². The van der Waals surface area contributed by atoms with E-state index in [1.165, 1.54) is 11.1 Å². The van der Waals surface area contributed by atoms with Crippen molar-refractivity contribution in [3.8, 4) is 0 Å². The fourth-order valence-electron chi connectivity index (χ4n) is 4.47. The van der Waals surface area contributed by atoms with Crippen molar-refractivity contribution >= 4 is 16.1 Å². The molecule has 4 heteroatoms. The van der Waals surface area contributed by atoms with Crippen molar-refractivity contribution in [2.75, 3.05) is 13.2 Å². The maximum atomic E-state index is 9.52. The summed E-state index contributed by atoms with van der Waals surface area (Å²) in [4.78, 5) is 0. The normalized spacial score (nSPS) is 18.9. The summed E-state index contributed by atoms with van der Waals surface area (Å²) in [5, 5.41) is 22.1. The molecule has 0 unspecified atom stereocenters. The summed E-state index contributed by atoms with van der Waals surface area (Å²) in [6, 6.07) is 1.86. The molecule has 2 aliphatic carbocycles. The Morgan fingerprint density at radius 2 is 1.12 bits per heavy atom. The van der Waals surface area contributed by atoms with Gasteiger partial charge in [-0.2, -0.15) is 0 Å². The Balaban J connectivity index is 2.36. The summed E-state index contributed by atoms with van der Waals surface area (Å²) in [7, 11) is -3.22. The average Bonchev–Trinajstić information content (AvgIpc) is 3.17. The molecule has 0 aliphatic heterocycles. The summed E-state index contributed by atoms with van der Waals surface area (Å²) in [5.41, 5.74) is 2.99. The SMILES string of the molecule is CC(C)(C1=CCC=C1[Si](C)(C)CCO)C1=CCC=C1[Si](C)(C)CCO. The Kier molecular flexibility index (Phi) is 6.20. The van der Waals surface area contributed by atoms with Crippen LogP contribution < -0.4 is 0 Å². The molecule has 0 saturated heterocycles. The van der Waals surface area contributed by atoms with E-state index >= 15 is 0 Å². The summed E-state index contributed by atoms with van der Waals surface area (Å²) >= 11 is 0. The first kappa shape index (κ1) is 20.6. The molecule has 0 bridgehead atoms. The first-order valence-electron chi connectivity index (χ1n) is 9.63. The van der Waals surface area contributed by atoms with E-state index < -0.39 is 16.1 Å². The molecule has 0 amide bonds. The van der Waals surface area contributed by atoms with E-state index in [2.05, 4.69) is 64.3 Å². The number of rotatable bonds is 8. The number of allylic oxidation sites excluding steroid dienone is 8. The van der Waals surface area contributed by atoms with Gasteiger partial charge in [-0.25, -0.2) is 0 Å². The number of aliphatic hydroxyl groups excluding tert-OH is 2. The molecule has 2 N–H and O–H groups in total. The Morgan fingerprint density at radius 3 is 1.44 bits per heavy atom. The molecule has 0 aromatic rings. The summed E-state index contributed by atoms with van der Waals surface area (Å²) in [6.45, 7) is 14.8. The predicted octanol–water partition coefficient (Wildman–Crippen LogP) is 5.01. The van der Waals surface area contributed by atoms with Gasteiger partial charge in [-0.1, -0.05) is 74.7 Å². The molecular formula is C21H36O2Si2. The van der Waals surface area contributed by atoms with Gasteiger partial charge in [0.15, 0.2) is 0 Å². The summed E-state index contributed by atoms with van der Waals surface area (Å²) < 4.78 is 0. The highest BCUT2D eigenvalue weighted by atomic mass is 28.3. The second-order valence-corrected chi connectivity index (χ2v) is 18.9. The van der Waals surface area contributed by atoms with Crippen molar-refractivity contribution in [2.24, 2.45) is 5.41 Å². The zero-order valence-corrected chi connectivity index (χ0v) is 18.9. The lowest BCUT2D eigenvalue weighted by Crippen LogP contribution is -2.37. The molecule has 2 rings (SSSR count). The molecule has 0 heterocycles. The smallest absolute Gasteiger partial charge is 0.0828 e. The molecule has 0 aromatic heterocycles. The van der Waals surface area contributed by atoms with Gasteiger partial charge in [0.2, 0.25) is 0 Å². The van der Waals surface area contributed by atoms with Crippen molar-refractivity contribution in [3.05, 3.63) is 45.8 Å². The Labute approximate surface area is 156 Å². The van der Waals surface area contributed by atoms with Crippen LogP contribution in [0.1, 0.15) is 26.7 Å². The highest BCUT2D eigenvalue weighted by Crippen LogP contribution is 2.50. The number of aliphatic hydroxyl groups is 2. The van der Waals surface area contributed by atoms with Gasteiger partial charge in [0.05, 0.1) is 16.1 Å². The van der Waals surface area contributed by atoms with Crippen LogP contribution in [0.4, 0.5) is 0 Å². The number of hydrogen-bond donors (Lipinski definition) is 2. The van der Waals surface area contributed by atoms with E-state index in [0.717, 1.165) is 24.9 Å². The van der Waals surface area contributed by atoms with Crippen LogP contribution in [0.5, 0.6) is 0 Å². The van der Waals surface area contributed by atoms with Crippen molar-refractivity contribution in [3.63, 3.8) is 0 Å². The molecule has 0 radical (unpaired) electrons. The van der Waals surface area contributed by atoms with Gasteiger partial charge >= 0.3 is 0 Å². The molecule has 0 spiro atoms. The Hall–Kier alpha value is -0.686. The van der Waals surface area contributed by atoms with E-state index in [-0.39, 0.29) is 18.6 Å². The number of hydrogen-bond acceptors (Lipinski definition) is 2. The molecule has 2 nitrogen and oxygen atoms in total. The van der Waals surface area contributed by atoms with Crippen LogP contribution in [-0.4, -0.2) is 39.6 Å². The lowest BCUT2D eigenvalue weighted by atomic mass is 9.77. The average molecular weight is 377 g/mol. The van der Waals surface area contributed by atoms with Crippen LogP contribution in [0.25, 0.3) is 0 Å². The topological polar surface area (TPSA) is 40.5 Å². The van der Waals surface area contributed by atoms with Crippen LogP contribution in [-0.2, 0) is 0 Å². The van der Waals surface area contributed by atoms with Gasteiger partial charge in [0.1, 0.15) is 0 Å². The van der Waals surface area contributed by atoms with E-state index in [9.17, 15) is 10.2 Å². The van der Waals surface area contributed by atoms with Crippen LogP contribution in [0, 0.1) is 5.41 Å². The van der Waals surface area contributed by atoms with E-state index in [4.69, 9.17) is 0 Å². The monoisotopic (exact) mass is 376 g/mol. The van der Waals surface area contributed by atoms with E-state index in [0.29, 0.717) is 0 Å². The summed E-state index contributed by atoms with van der Waals surface area (Å²) in [5.74, 6) is 0. The fraction of sp³-hybridized carbons (Fsp3) is 0.619. The third kappa shape index (κ3) is 4.02. The second kappa shape index (κ2) is 7.51. The fourth-order valence-corrected chi connectivity index (χ4v) is 9.75. The molecule has 140 valence electrons. The minimum absolute atomic E-state index is 0.00409. The molecule has 25 heavy (non-hydrogen) atoms. The molecule has 0 fully saturated rings. The van der Waals surface area contributed by atoms with E-state index in [1.807, 2.05) is 0 Å². The standard InChI is InChI=1S/C21H36O2Si2/c1-21(2,17-9-7-11-19(17)24(3,4)15-13-22)18-10-8-12-20(18)25(5,6)16-14-23/h9-12,22-23H,7-8,13-16H2,1-6H3. The molecule has 0 atom stereocenters. The zero-order valence-electron chi connectivity index (χ0n) is 16.9. The van der Waals surface area contributed by atoms with Gasteiger partial charge < -0.3 is 10.2 Å². The van der Waals surface area contributed by atoms with Crippen molar-refractivity contribution in [2.45, 2.75) is 65.0 Å². The minimum Gasteiger partial charge on any atom is -0.397 e. The van der Waals surface area contributed by atoms with Crippen LogP contribution >= 0.6 is 0 Å². The first-order valence-corrected chi connectivity index (χ1v) is 16.0. The zero-order chi connectivity index (χ0) is 18.9. The van der Waals surface area contributed by atoms with E-state index in [1.54, 1.807) is 10.4 Å². The quantitative estimate of drug-likeness (QED) is 0.585. The van der Waals surface area contributed by atoms with Crippen molar-refractivity contribution in [1.29, 1.82) is 0 Å². The van der Waals surface area contributed by atoms with Gasteiger partial charge in [0.25, 0.3) is 0 Å². The lowest BCUT2D eigenvalue weighted by molar-refractivity contribution is 0.316. The highest BCUT2D eigenvalue weighted by molar-refractivity contribution is 6.86. The minimum atomic E-state index is -1.61. The maximum Gasteiger partial charge on any atom is 0.0828 e. The predicted molar refractivity (Wildman–Crippen MR) is 114 cm³/mol. The highest BCUT2D eigenvalue weighted by Gasteiger charge is 2.42. The molecule has 0 aromatic carbocycles. The maximum absolute atomic E-state index is 9.52. The van der Waals surface area contributed by atoms with Crippen molar-refractivity contribution in [1.82, 2.24) is 0 Å². The second-order valence-electron chi connectivity index (χ2n) is 9.28. The van der Waals surface area contributed by atoms with Gasteiger partial charge in [0, 0.05) is 18.6 Å². The van der Waals surface area contributed by atoms with Crippen LogP contribution in [0.15, 0.2) is 45.8 Å².